The lowest BCUT2D eigenvalue weighted by Gasteiger charge is -2.33. The average molecular weight is 413 g/mol. The lowest BCUT2D eigenvalue weighted by molar-refractivity contribution is -0.924. The zero-order valence-corrected chi connectivity index (χ0v) is 17.3. The third kappa shape index (κ3) is 3.07. The van der Waals surface area contributed by atoms with Crippen molar-refractivity contribution in [3.8, 4) is 5.75 Å². The monoisotopic (exact) mass is 412 g/mol. The highest BCUT2D eigenvalue weighted by Gasteiger charge is 2.22. The quantitative estimate of drug-likeness (QED) is 0.523. The van der Waals surface area contributed by atoms with E-state index in [9.17, 15) is 0 Å². The van der Waals surface area contributed by atoms with Gasteiger partial charge in [-0.1, -0.05) is 23.5 Å². The standard InChI is InChI=1S/C20H21N5OS2/c1-26-16-8-6-15(7-9-16)23-12-10-22(11-13-23)14-24-20(27)25-17-4-2-3-5-18(17)28-19(25)21-24/h2-9H,10-14H2,1H3/p+1. The van der Waals surface area contributed by atoms with E-state index < -0.39 is 0 Å². The average Bonchev–Trinajstić information content (AvgIpc) is 3.25. The number of quaternary nitrogens is 1. The van der Waals surface area contributed by atoms with Gasteiger partial charge in [-0.3, -0.25) is 4.40 Å². The summed E-state index contributed by atoms with van der Waals surface area (Å²) in [4.78, 5) is 4.92. The summed E-state index contributed by atoms with van der Waals surface area (Å²) in [7, 11) is 1.70. The van der Waals surface area contributed by atoms with Gasteiger partial charge in [0, 0.05) is 5.69 Å². The van der Waals surface area contributed by atoms with Crippen LogP contribution in [0.2, 0.25) is 0 Å². The number of methoxy groups -OCH3 is 1. The van der Waals surface area contributed by atoms with E-state index in [1.165, 1.54) is 15.3 Å². The third-order valence-electron chi connectivity index (χ3n) is 5.40. The van der Waals surface area contributed by atoms with Crippen molar-refractivity contribution in [1.82, 2.24) is 14.2 Å². The zero-order valence-electron chi connectivity index (χ0n) is 15.7. The number of anilines is 1. The van der Waals surface area contributed by atoms with Gasteiger partial charge in [0.2, 0.25) is 9.73 Å². The number of nitrogens with one attached hydrogen (secondary N) is 1. The van der Waals surface area contributed by atoms with Crippen LogP contribution in [0.5, 0.6) is 5.75 Å². The number of benzene rings is 2. The molecule has 1 N–H and O–H groups in total. The number of nitrogens with zero attached hydrogens (tertiary/aromatic N) is 4. The Morgan fingerprint density at radius 1 is 1.11 bits per heavy atom. The van der Waals surface area contributed by atoms with Crippen LogP contribution in [-0.2, 0) is 6.67 Å². The number of ether oxygens (including phenoxy) is 1. The Hall–Kier alpha value is -2.42. The fourth-order valence-corrected chi connectivity index (χ4v) is 5.20. The molecule has 1 saturated heterocycles. The molecule has 0 amide bonds. The van der Waals surface area contributed by atoms with Gasteiger partial charge in [-0.05, 0) is 48.6 Å². The first-order valence-electron chi connectivity index (χ1n) is 9.42. The Balaban J connectivity index is 1.30. The molecular weight excluding hydrogens is 390 g/mol. The van der Waals surface area contributed by atoms with E-state index in [1.54, 1.807) is 18.4 Å². The van der Waals surface area contributed by atoms with E-state index in [4.69, 9.17) is 22.1 Å². The molecule has 0 aliphatic carbocycles. The molecule has 1 aliphatic heterocycles. The zero-order chi connectivity index (χ0) is 19.1. The molecular formula is C20H22N5OS2+. The fourth-order valence-electron chi connectivity index (χ4n) is 3.83. The molecule has 8 heteroatoms. The second kappa shape index (κ2) is 7.20. The number of thiazole rings is 1. The van der Waals surface area contributed by atoms with Crippen LogP contribution >= 0.6 is 23.6 Å². The number of para-hydroxylation sites is 1. The van der Waals surface area contributed by atoms with E-state index >= 15 is 0 Å². The SMILES string of the molecule is COc1ccc(N2CC[NH+](Cn3nc4sc5ccccc5n4c3=S)CC2)cc1. The van der Waals surface area contributed by atoms with Crippen molar-refractivity contribution in [2.45, 2.75) is 6.67 Å². The van der Waals surface area contributed by atoms with Crippen molar-refractivity contribution in [3.05, 3.63) is 53.3 Å². The first-order chi connectivity index (χ1) is 13.7. The summed E-state index contributed by atoms with van der Waals surface area (Å²) >= 11 is 7.43. The van der Waals surface area contributed by atoms with Gasteiger partial charge < -0.3 is 14.5 Å². The van der Waals surface area contributed by atoms with Gasteiger partial charge in [0.1, 0.15) is 5.75 Å². The maximum absolute atomic E-state index is 5.73. The molecule has 0 saturated carbocycles. The maximum Gasteiger partial charge on any atom is 0.216 e. The van der Waals surface area contributed by atoms with E-state index in [1.807, 2.05) is 16.8 Å². The summed E-state index contributed by atoms with van der Waals surface area (Å²) in [5.74, 6) is 0.898. The number of piperazine rings is 1. The van der Waals surface area contributed by atoms with E-state index in [0.29, 0.717) is 0 Å². The van der Waals surface area contributed by atoms with Crippen LogP contribution in [0, 0.1) is 4.77 Å². The van der Waals surface area contributed by atoms with Crippen molar-refractivity contribution in [2.24, 2.45) is 0 Å². The number of hydrogen-bond acceptors (Lipinski definition) is 5. The Labute approximate surface area is 172 Å². The minimum absolute atomic E-state index is 0.789. The van der Waals surface area contributed by atoms with Crippen molar-refractivity contribution in [2.75, 3.05) is 38.2 Å². The van der Waals surface area contributed by atoms with Gasteiger partial charge in [-0.25, -0.2) is 0 Å². The predicted octanol–water partition coefficient (Wildman–Crippen LogP) is 2.45. The second-order valence-corrected chi connectivity index (χ2v) is 8.44. The Kier molecular flexibility index (Phi) is 4.54. The molecule has 1 fully saturated rings. The fraction of sp³-hybridized carbons (Fsp3) is 0.300. The normalized spacial score (nSPS) is 15.5. The van der Waals surface area contributed by atoms with Gasteiger partial charge in [0.05, 0.1) is 43.5 Å². The highest BCUT2D eigenvalue weighted by atomic mass is 32.1. The Morgan fingerprint density at radius 2 is 1.86 bits per heavy atom. The molecule has 0 radical (unpaired) electrons. The number of fused-ring (bicyclic) bond motifs is 3. The molecule has 0 spiro atoms. The summed E-state index contributed by atoms with van der Waals surface area (Å²) in [6.07, 6.45) is 0. The van der Waals surface area contributed by atoms with E-state index in [-0.39, 0.29) is 0 Å². The molecule has 2 aromatic heterocycles. The molecule has 0 atom stereocenters. The number of aromatic nitrogens is 3. The van der Waals surface area contributed by atoms with Crippen LogP contribution in [-0.4, -0.2) is 47.5 Å². The van der Waals surface area contributed by atoms with Gasteiger partial charge in [-0.15, -0.1) is 5.10 Å². The molecule has 0 bridgehead atoms. The van der Waals surface area contributed by atoms with E-state index in [2.05, 4.69) is 45.7 Å². The first kappa shape index (κ1) is 17.7. The predicted molar refractivity (Wildman–Crippen MR) is 115 cm³/mol. The summed E-state index contributed by atoms with van der Waals surface area (Å²) in [5, 5.41) is 4.79. The molecule has 3 heterocycles. The van der Waals surface area contributed by atoms with Crippen LogP contribution < -0.4 is 14.5 Å². The molecule has 6 nitrogen and oxygen atoms in total. The third-order valence-corrected chi connectivity index (χ3v) is 6.80. The summed E-state index contributed by atoms with van der Waals surface area (Å²) in [6, 6.07) is 16.7. The number of rotatable bonds is 4. The van der Waals surface area contributed by atoms with E-state index in [0.717, 1.165) is 53.8 Å². The maximum atomic E-state index is 5.73. The van der Waals surface area contributed by atoms with Crippen molar-refractivity contribution in [3.63, 3.8) is 0 Å². The van der Waals surface area contributed by atoms with Gasteiger partial charge in [-0.2, -0.15) is 4.68 Å². The second-order valence-electron chi connectivity index (χ2n) is 7.06. The lowest BCUT2D eigenvalue weighted by atomic mass is 10.2. The van der Waals surface area contributed by atoms with Crippen LogP contribution in [0.3, 0.4) is 0 Å². The van der Waals surface area contributed by atoms with Gasteiger partial charge in [0.15, 0.2) is 6.67 Å². The summed E-state index contributed by atoms with van der Waals surface area (Å²) in [5.41, 5.74) is 2.41. The van der Waals surface area contributed by atoms with Crippen LogP contribution in [0.15, 0.2) is 48.5 Å². The summed E-state index contributed by atoms with van der Waals surface area (Å²) in [6.45, 7) is 5.01. The van der Waals surface area contributed by atoms with Crippen molar-refractivity contribution < 1.29 is 9.64 Å². The van der Waals surface area contributed by atoms with Crippen LogP contribution in [0.1, 0.15) is 0 Å². The Morgan fingerprint density at radius 3 is 2.61 bits per heavy atom. The minimum Gasteiger partial charge on any atom is -0.497 e. The molecule has 0 unspecified atom stereocenters. The highest BCUT2D eigenvalue weighted by molar-refractivity contribution is 7.71. The van der Waals surface area contributed by atoms with Crippen LogP contribution in [0.4, 0.5) is 5.69 Å². The lowest BCUT2D eigenvalue weighted by Crippen LogP contribution is -3.14. The number of hydrogen-bond donors (Lipinski definition) is 1. The van der Waals surface area contributed by atoms with Gasteiger partial charge in [0.25, 0.3) is 0 Å². The first-order valence-corrected chi connectivity index (χ1v) is 10.6. The van der Waals surface area contributed by atoms with Gasteiger partial charge >= 0.3 is 0 Å². The molecule has 5 rings (SSSR count). The van der Waals surface area contributed by atoms with Crippen molar-refractivity contribution in [1.29, 1.82) is 0 Å². The highest BCUT2D eigenvalue weighted by Crippen LogP contribution is 2.25. The van der Waals surface area contributed by atoms with Crippen molar-refractivity contribution >= 4 is 44.4 Å². The molecule has 28 heavy (non-hydrogen) atoms. The largest absolute Gasteiger partial charge is 0.497 e. The minimum atomic E-state index is 0.789. The molecule has 144 valence electrons. The topological polar surface area (TPSA) is 39.1 Å². The molecule has 4 aromatic rings. The summed E-state index contributed by atoms with van der Waals surface area (Å²) < 4.78 is 11.4. The van der Waals surface area contributed by atoms with Crippen LogP contribution in [0.25, 0.3) is 15.2 Å². The smallest absolute Gasteiger partial charge is 0.216 e. The molecule has 1 aliphatic rings. The molecule has 2 aromatic carbocycles. The Bertz CT molecular complexity index is 1170.